The van der Waals surface area contributed by atoms with Gasteiger partial charge in [-0.1, -0.05) is 12.8 Å². The summed E-state index contributed by atoms with van der Waals surface area (Å²) in [7, 11) is 1.84. The van der Waals surface area contributed by atoms with Crippen LogP contribution in [-0.4, -0.2) is 182 Å². The molecule has 0 aromatic carbocycles. The van der Waals surface area contributed by atoms with Gasteiger partial charge >= 0.3 is 41.0 Å². The van der Waals surface area contributed by atoms with Crippen LogP contribution >= 0.6 is 15.9 Å². The van der Waals surface area contributed by atoms with E-state index in [0.29, 0.717) is 56.1 Å². The minimum atomic E-state index is -4.23. The number of rotatable bonds is 9. The number of nitrogens with zero attached hydrogens (tertiary/aromatic N) is 12. The summed E-state index contributed by atoms with van der Waals surface area (Å²) in [5.41, 5.74) is 2.67. The van der Waals surface area contributed by atoms with Gasteiger partial charge < -0.3 is 29.1 Å². The van der Waals surface area contributed by atoms with Crippen LogP contribution in [-0.2, 0) is 23.9 Å². The summed E-state index contributed by atoms with van der Waals surface area (Å²) in [5.74, 6) is -3.23. The molecule has 5 fully saturated rings. The molecule has 70 heavy (non-hydrogen) atoms. The van der Waals surface area contributed by atoms with Gasteiger partial charge in [0, 0.05) is 79.8 Å². The number of fused-ring (bicyclic) bond motifs is 6. The third-order valence-electron chi connectivity index (χ3n) is 12.8. The van der Waals surface area contributed by atoms with Crippen LogP contribution in [0.1, 0.15) is 64.2 Å². The van der Waals surface area contributed by atoms with Crippen molar-refractivity contribution >= 4 is 63.1 Å². The molecule has 6 aliphatic heterocycles. The highest BCUT2D eigenvalue weighted by atomic mass is 79.9. The number of carbonyl (C=O) groups is 5. The van der Waals surface area contributed by atoms with Crippen LogP contribution in [0.4, 0.5) is 31.9 Å². The molecule has 3 saturated heterocycles. The summed E-state index contributed by atoms with van der Waals surface area (Å²) in [6.45, 7) is 2.93. The standard InChI is InChI=1S/C17H20F2N4O4.C10H12N4O.C9H10N4O2.C8H11BrF2O2/c18-17(19,15(24)26-14-5-2-1-3-6-14)27-23-13-9-12(22-8-4-7-20-22)10-21(11-13)16(23)25;1-12-8-5-9(14-4-2-3-11-14)7-13(6-8)10(12)15;14-9-11-5-7(12-3-1-2-10-12)4-8(6-11)13(9)15;9-8(10,11)7(12)13-6-4-2-1-3-5-6/h4,7-9,13-14H,1-3,5-6,10-11H2;2-5,8H,6-7H2,1H3;1-4,8,15H,5-6H2;6H,1-5H2. The van der Waals surface area contributed by atoms with Crippen LogP contribution in [0.15, 0.2) is 73.6 Å². The Labute approximate surface area is 407 Å². The van der Waals surface area contributed by atoms with Gasteiger partial charge in [0.05, 0.1) is 54.9 Å². The predicted octanol–water partition coefficient (Wildman–Crippen LogP) is 5.80. The number of likely N-dealkylation sites (N-methyl/N-ethyl adjacent to an activating group) is 1. The van der Waals surface area contributed by atoms with Crippen molar-refractivity contribution in [2.24, 2.45) is 0 Å². The van der Waals surface area contributed by atoms with Crippen molar-refractivity contribution in [2.75, 3.05) is 46.3 Å². The largest absolute Gasteiger partial charge is 0.477 e. The molecule has 2 aliphatic carbocycles. The number of carbonyl (C=O) groups excluding carboxylic acids is 5. The predicted molar refractivity (Wildman–Crippen MR) is 241 cm³/mol. The van der Waals surface area contributed by atoms with Gasteiger partial charge in [-0.25, -0.2) is 38.0 Å². The number of aromatic nitrogens is 6. The van der Waals surface area contributed by atoms with Crippen LogP contribution in [0.2, 0.25) is 0 Å². The first-order valence-electron chi connectivity index (χ1n) is 23.0. The lowest BCUT2D eigenvalue weighted by Gasteiger charge is -2.27. The molecule has 3 aromatic heterocycles. The fourth-order valence-corrected chi connectivity index (χ4v) is 9.26. The maximum Gasteiger partial charge on any atom is 0.477 e. The topological polar surface area (TPSA) is 206 Å². The Kier molecular flexibility index (Phi) is 15.3. The number of hydrogen-bond acceptors (Lipinski definition) is 12. The van der Waals surface area contributed by atoms with Crippen molar-refractivity contribution in [2.45, 2.75) is 105 Å². The second-order valence-corrected chi connectivity index (χ2v) is 18.7. The number of hydrogen-bond donors (Lipinski definition) is 1. The number of amides is 6. The normalized spacial score (nSPS) is 23.4. The van der Waals surface area contributed by atoms with E-state index in [1.807, 2.05) is 63.2 Å². The number of halogens is 5. The summed E-state index contributed by atoms with van der Waals surface area (Å²) < 4.78 is 67.8. The van der Waals surface area contributed by atoms with Gasteiger partial charge in [-0.3, -0.25) is 5.21 Å². The van der Waals surface area contributed by atoms with E-state index in [2.05, 4.69) is 30.9 Å². The smallest absolute Gasteiger partial charge is 0.457 e. The molecule has 21 nitrogen and oxygen atoms in total. The van der Waals surface area contributed by atoms with Crippen molar-refractivity contribution in [1.29, 1.82) is 0 Å². The first-order chi connectivity index (χ1) is 33.4. The fraction of sp³-hybridized carbons (Fsp3) is 0.545. The number of ether oxygens (including phenoxy) is 2. The highest BCUT2D eigenvalue weighted by Gasteiger charge is 2.52. The second-order valence-electron chi connectivity index (χ2n) is 17.7. The van der Waals surface area contributed by atoms with Gasteiger partial charge in [0.1, 0.15) is 12.2 Å². The molecule has 0 spiro atoms. The zero-order valence-electron chi connectivity index (χ0n) is 38.1. The summed E-state index contributed by atoms with van der Waals surface area (Å²) >= 11 is 1.96. The van der Waals surface area contributed by atoms with E-state index in [1.165, 1.54) is 4.90 Å². The highest BCUT2D eigenvalue weighted by Crippen LogP contribution is 2.33. The van der Waals surface area contributed by atoms with Gasteiger partial charge in [-0.05, 0) is 87.8 Å². The Bertz CT molecular complexity index is 2340. The van der Waals surface area contributed by atoms with E-state index in [1.54, 1.807) is 56.1 Å². The molecule has 6 amide bonds. The summed E-state index contributed by atoms with van der Waals surface area (Å²) in [6, 6.07) is 3.71. The number of esters is 2. The maximum atomic E-state index is 14.3. The van der Waals surface area contributed by atoms with E-state index in [4.69, 9.17) is 4.74 Å². The van der Waals surface area contributed by atoms with Crippen molar-refractivity contribution in [1.82, 2.24) is 59.1 Å². The molecule has 1 N–H and O–H groups in total. The summed E-state index contributed by atoms with van der Waals surface area (Å²) in [4.78, 5) is 65.7. The average molecular weight is 1050 g/mol. The Morgan fingerprint density at radius 3 is 1.47 bits per heavy atom. The first kappa shape index (κ1) is 50.1. The van der Waals surface area contributed by atoms with Crippen molar-refractivity contribution in [3.8, 4) is 0 Å². The van der Waals surface area contributed by atoms with E-state index in [-0.39, 0.29) is 43.3 Å². The van der Waals surface area contributed by atoms with Crippen LogP contribution in [0.25, 0.3) is 17.1 Å². The van der Waals surface area contributed by atoms with E-state index in [0.717, 1.165) is 61.5 Å². The van der Waals surface area contributed by atoms with Crippen LogP contribution in [0.3, 0.4) is 0 Å². The fourth-order valence-electron chi connectivity index (χ4n) is 9.17. The van der Waals surface area contributed by atoms with Gasteiger partial charge in [0.15, 0.2) is 0 Å². The van der Waals surface area contributed by atoms with E-state index >= 15 is 0 Å². The third kappa shape index (κ3) is 11.7. The molecule has 8 aliphatic rings. The minimum absolute atomic E-state index is 0.110. The average Bonchev–Trinajstić information content (AvgIpc) is 4.25. The zero-order valence-corrected chi connectivity index (χ0v) is 39.7. The van der Waals surface area contributed by atoms with Gasteiger partial charge in [0.25, 0.3) is 0 Å². The maximum absolute atomic E-state index is 14.3. The van der Waals surface area contributed by atoms with E-state index in [9.17, 15) is 46.7 Å². The van der Waals surface area contributed by atoms with Crippen LogP contribution < -0.4 is 0 Å². The number of alkyl halides is 5. The third-order valence-corrected chi connectivity index (χ3v) is 13.1. The Morgan fingerprint density at radius 2 is 1.03 bits per heavy atom. The minimum Gasteiger partial charge on any atom is -0.457 e. The quantitative estimate of drug-likeness (QED) is 0.117. The summed E-state index contributed by atoms with van der Waals surface area (Å²) in [6.07, 6.45) is 19.2. The highest BCUT2D eigenvalue weighted by molar-refractivity contribution is 9.10. The second kappa shape index (κ2) is 21.4. The molecule has 3 unspecified atom stereocenters. The monoisotopic (exact) mass is 1050 g/mol. The van der Waals surface area contributed by atoms with Gasteiger partial charge in [0.2, 0.25) is 0 Å². The molecule has 3 atom stereocenters. The molecular formula is C44H53BrF4N12O9. The SMILES string of the molecule is CN1C(=O)N2CC(n3cccn3)=CC1C2.O=C(OC1CCCCC1)C(F)(F)Br.O=C1N2CC(n3cccn3)=CC(C2)N1O.O=C1N2CC(n3cccn3)=CC(C2)N1OC(F)(F)C(=O)OC1CCCCC1. The van der Waals surface area contributed by atoms with Gasteiger partial charge in [-0.15, -0.1) is 0 Å². The lowest BCUT2D eigenvalue weighted by molar-refractivity contribution is -0.328. The lowest BCUT2D eigenvalue weighted by Crippen LogP contribution is -2.45. The molecule has 2 saturated carbocycles. The van der Waals surface area contributed by atoms with Crippen LogP contribution in [0.5, 0.6) is 0 Å². The molecule has 378 valence electrons. The number of urea groups is 3. The molecule has 3 aromatic rings. The molecular weight excluding hydrogens is 996 g/mol. The molecule has 26 heteroatoms. The Morgan fingerprint density at radius 1 is 0.614 bits per heavy atom. The molecule has 6 bridgehead atoms. The molecule has 9 heterocycles. The Balaban J connectivity index is 0.000000132. The van der Waals surface area contributed by atoms with Crippen molar-refractivity contribution < 1.29 is 61.1 Å². The zero-order chi connectivity index (χ0) is 49.7. The Hall–Kier alpha value is -6.28. The van der Waals surface area contributed by atoms with Gasteiger partial charge in [-0.2, -0.15) is 47.8 Å². The molecule has 0 radical (unpaired) electrons. The summed E-state index contributed by atoms with van der Waals surface area (Å²) in [5, 5.41) is 23.1. The van der Waals surface area contributed by atoms with Crippen molar-refractivity contribution in [3.05, 3.63) is 73.6 Å². The lowest BCUT2D eigenvalue weighted by atomic mass is 9.98. The number of hydroxylamine groups is 4. The van der Waals surface area contributed by atoms with Crippen molar-refractivity contribution in [3.63, 3.8) is 0 Å². The van der Waals surface area contributed by atoms with Crippen LogP contribution in [0, 0.1) is 0 Å². The molecule has 11 rings (SSSR count). The van der Waals surface area contributed by atoms with E-state index < -0.39 is 41.1 Å². The first-order valence-corrected chi connectivity index (χ1v) is 23.8.